The molecular weight excluding hydrogens is 197 g/mol. The van der Waals surface area contributed by atoms with E-state index in [-0.39, 0.29) is 0 Å². The lowest BCUT2D eigenvalue weighted by atomic mass is 10.2. The molecule has 0 unspecified atom stereocenters. The molecule has 1 rings (SSSR count). The Morgan fingerprint density at radius 3 is 2.42 bits per heavy atom. The third kappa shape index (κ3) is 2.13. The summed E-state index contributed by atoms with van der Waals surface area (Å²) >= 11 is 11.7. The molecule has 4 heteroatoms. The Morgan fingerprint density at radius 1 is 1.33 bits per heavy atom. The van der Waals surface area contributed by atoms with Crippen LogP contribution in [0.1, 0.15) is 5.56 Å². The lowest BCUT2D eigenvalue weighted by Gasteiger charge is -1.98. The van der Waals surface area contributed by atoms with Gasteiger partial charge in [-0.2, -0.15) is 0 Å². The number of hydrogen-bond donors (Lipinski definition) is 0. The number of rotatable bonds is 2. The van der Waals surface area contributed by atoms with Crippen molar-refractivity contribution in [1.82, 2.24) is 0 Å². The van der Waals surface area contributed by atoms with Gasteiger partial charge in [0.15, 0.2) is 0 Å². The lowest BCUT2D eigenvalue weighted by Crippen LogP contribution is -1.85. The van der Waals surface area contributed by atoms with Crippen molar-refractivity contribution in [1.29, 1.82) is 0 Å². The molecule has 0 amide bonds. The smallest absolute Gasteiger partial charge is 0.106 e. The van der Waals surface area contributed by atoms with Gasteiger partial charge >= 0.3 is 0 Å². The molecule has 0 spiro atoms. The van der Waals surface area contributed by atoms with Crippen LogP contribution in [0.15, 0.2) is 23.4 Å². The molecule has 12 heavy (non-hydrogen) atoms. The molecule has 0 aliphatic heterocycles. The molecule has 1 aromatic carbocycles. The van der Waals surface area contributed by atoms with Gasteiger partial charge in [-0.3, -0.25) is 0 Å². The van der Waals surface area contributed by atoms with Crippen LogP contribution in [-0.4, -0.2) is 13.3 Å². The Hall–Kier alpha value is -0.730. The van der Waals surface area contributed by atoms with Crippen molar-refractivity contribution in [3.63, 3.8) is 0 Å². The molecule has 0 aliphatic rings. The van der Waals surface area contributed by atoms with Crippen LogP contribution in [0.4, 0.5) is 0 Å². The molecule has 0 saturated heterocycles. The summed E-state index contributed by atoms with van der Waals surface area (Å²) in [5.74, 6) is 0. The topological polar surface area (TPSA) is 21.6 Å². The van der Waals surface area contributed by atoms with Crippen LogP contribution in [0.5, 0.6) is 0 Å². The first kappa shape index (κ1) is 9.36. The Labute approximate surface area is 80.7 Å². The highest BCUT2D eigenvalue weighted by Gasteiger charge is 2.01. The maximum absolute atomic E-state index is 5.83. The molecule has 0 bridgehead atoms. The van der Waals surface area contributed by atoms with Crippen LogP contribution < -0.4 is 0 Å². The average Bonchev–Trinajstić information content (AvgIpc) is 2.04. The van der Waals surface area contributed by atoms with E-state index in [2.05, 4.69) is 9.99 Å². The van der Waals surface area contributed by atoms with E-state index in [0.717, 1.165) is 0 Å². The second kappa shape index (κ2) is 4.33. The Morgan fingerprint density at radius 2 is 1.92 bits per heavy atom. The Balaban J connectivity index is 3.04. The van der Waals surface area contributed by atoms with E-state index in [1.54, 1.807) is 18.2 Å². The highest BCUT2D eigenvalue weighted by Crippen LogP contribution is 2.21. The molecule has 0 N–H and O–H groups in total. The van der Waals surface area contributed by atoms with E-state index in [4.69, 9.17) is 23.2 Å². The fourth-order valence-electron chi connectivity index (χ4n) is 0.739. The number of nitrogens with zero attached hydrogens (tertiary/aromatic N) is 1. The van der Waals surface area contributed by atoms with Crippen molar-refractivity contribution < 1.29 is 4.84 Å². The fourth-order valence-corrected chi connectivity index (χ4v) is 1.23. The summed E-state index contributed by atoms with van der Waals surface area (Å²) in [6.45, 7) is 0. The van der Waals surface area contributed by atoms with E-state index in [1.165, 1.54) is 13.3 Å². The summed E-state index contributed by atoms with van der Waals surface area (Å²) in [4.78, 5) is 4.51. The first-order valence-electron chi connectivity index (χ1n) is 3.26. The van der Waals surface area contributed by atoms with Crippen molar-refractivity contribution in [2.45, 2.75) is 0 Å². The Bertz CT molecular complexity index is 279. The third-order valence-corrected chi connectivity index (χ3v) is 1.95. The summed E-state index contributed by atoms with van der Waals surface area (Å²) in [6, 6.07) is 5.25. The van der Waals surface area contributed by atoms with Crippen LogP contribution in [-0.2, 0) is 4.84 Å². The molecule has 0 heterocycles. The summed E-state index contributed by atoms with van der Waals surface area (Å²) < 4.78 is 0. The second-order valence-corrected chi connectivity index (χ2v) is 2.87. The minimum absolute atomic E-state index is 0.559. The second-order valence-electron chi connectivity index (χ2n) is 2.05. The van der Waals surface area contributed by atoms with Crippen LogP contribution in [0, 0.1) is 0 Å². The molecular formula is C8H7Cl2NO. The van der Waals surface area contributed by atoms with Crippen LogP contribution >= 0.6 is 23.2 Å². The van der Waals surface area contributed by atoms with Crippen LogP contribution in [0.3, 0.4) is 0 Å². The van der Waals surface area contributed by atoms with Gasteiger partial charge < -0.3 is 4.84 Å². The molecule has 64 valence electrons. The van der Waals surface area contributed by atoms with Crippen molar-refractivity contribution in [3.05, 3.63) is 33.8 Å². The quantitative estimate of drug-likeness (QED) is 0.536. The summed E-state index contributed by atoms with van der Waals surface area (Å²) in [5, 5.41) is 4.69. The van der Waals surface area contributed by atoms with Gasteiger partial charge in [0, 0.05) is 5.56 Å². The fraction of sp³-hybridized carbons (Fsp3) is 0.125. The van der Waals surface area contributed by atoms with E-state index in [0.29, 0.717) is 15.6 Å². The molecule has 0 radical (unpaired) electrons. The van der Waals surface area contributed by atoms with Gasteiger partial charge in [-0.05, 0) is 12.1 Å². The molecule has 0 fully saturated rings. The minimum atomic E-state index is 0.559. The molecule has 2 nitrogen and oxygen atoms in total. The number of halogens is 2. The highest BCUT2D eigenvalue weighted by atomic mass is 35.5. The normalized spacial score (nSPS) is 10.6. The largest absolute Gasteiger partial charge is 0.399 e. The van der Waals surface area contributed by atoms with Crippen molar-refractivity contribution >= 4 is 29.4 Å². The predicted molar refractivity (Wildman–Crippen MR) is 51.1 cm³/mol. The standard InChI is InChI=1S/C8H7Cl2NO/c1-12-11-5-6-7(9)3-2-4-8(6)10/h2-5H,1H3/b11-5+. The predicted octanol–water partition coefficient (Wildman–Crippen LogP) is 2.97. The summed E-state index contributed by atoms with van der Waals surface area (Å²) in [7, 11) is 1.46. The van der Waals surface area contributed by atoms with Gasteiger partial charge in [-0.15, -0.1) is 0 Å². The van der Waals surface area contributed by atoms with Crippen molar-refractivity contribution in [3.8, 4) is 0 Å². The highest BCUT2D eigenvalue weighted by molar-refractivity contribution is 6.38. The number of oxime groups is 1. The van der Waals surface area contributed by atoms with Gasteiger partial charge in [-0.25, -0.2) is 0 Å². The van der Waals surface area contributed by atoms with E-state index in [9.17, 15) is 0 Å². The van der Waals surface area contributed by atoms with Gasteiger partial charge in [0.2, 0.25) is 0 Å². The average molecular weight is 204 g/mol. The van der Waals surface area contributed by atoms with E-state index in [1.807, 2.05) is 0 Å². The van der Waals surface area contributed by atoms with Crippen molar-refractivity contribution in [2.75, 3.05) is 7.11 Å². The van der Waals surface area contributed by atoms with Gasteiger partial charge in [0.05, 0.1) is 16.3 Å². The van der Waals surface area contributed by atoms with Gasteiger partial charge in [-0.1, -0.05) is 34.4 Å². The zero-order chi connectivity index (χ0) is 8.97. The maximum atomic E-state index is 5.83. The van der Waals surface area contributed by atoms with Crippen LogP contribution in [0.25, 0.3) is 0 Å². The Kier molecular flexibility index (Phi) is 3.38. The monoisotopic (exact) mass is 203 g/mol. The molecule has 0 saturated carbocycles. The first-order valence-corrected chi connectivity index (χ1v) is 4.02. The number of benzene rings is 1. The molecule has 0 atom stereocenters. The van der Waals surface area contributed by atoms with E-state index >= 15 is 0 Å². The molecule has 1 aromatic rings. The third-order valence-electron chi connectivity index (χ3n) is 1.29. The van der Waals surface area contributed by atoms with E-state index < -0.39 is 0 Å². The SMILES string of the molecule is CO/N=C/c1c(Cl)cccc1Cl. The van der Waals surface area contributed by atoms with Gasteiger partial charge in [0.1, 0.15) is 7.11 Å². The first-order chi connectivity index (χ1) is 5.75. The van der Waals surface area contributed by atoms with Crippen LogP contribution in [0.2, 0.25) is 10.0 Å². The lowest BCUT2D eigenvalue weighted by molar-refractivity contribution is 0.215. The number of hydrogen-bond acceptors (Lipinski definition) is 2. The zero-order valence-corrected chi connectivity index (χ0v) is 7.93. The maximum Gasteiger partial charge on any atom is 0.106 e. The summed E-state index contributed by atoms with van der Waals surface area (Å²) in [5.41, 5.74) is 0.669. The van der Waals surface area contributed by atoms with Crippen molar-refractivity contribution in [2.24, 2.45) is 5.16 Å². The molecule has 0 aliphatic carbocycles. The van der Waals surface area contributed by atoms with Gasteiger partial charge in [0.25, 0.3) is 0 Å². The minimum Gasteiger partial charge on any atom is -0.399 e. The zero-order valence-electron chi connectivity index (χ0n) is 6.42. The molecule has 0 aromatic heterocycles. The summed E-state index contributed by atoms with van der Waals surface area (Å²) in [6.07, 6.45) is 1.48.